The lowest BCUT2D eigenvalue weighted by molar-refractivity contribution is -0.159. The zero-order valence-electron chi connectivity index (χ0n) is 17.0. The van der Waals surface area contributed by atoms with Gasteiger partial charge in [-0.25, -0.2) is 0 Å². The zero-order chi connectivity index (χ0) is 18.9. The molecule has 0 radical (unpaired) electrons. The van der Waals surface area contributed by atoms with E-state index in [9.17, 15) is 9.59 Å². The van der Waals surface area contributed by atoms with Gasteiger partial charge >= 0.3 is 5.97 Å². The van der Waals surface area contributed by atoms with E-state index < -0.39 is 0 Å². The molecule has 0 unspecified atom stereocenters. The van der Waals surface area contributed by atoms with E-state index in [0.29, 0.717) is 29.5 Å². The molecule has 0 aromatic rings. The van der Waals surface area contributed by atoms with Crippen LogP contribution in [-0.4, -0.2) is 17.9 Å². The highest BCUT2D eigenvalue weighted by molar-refractivity contribution is 5.85. The fourth-order valence-corrected chi connectivity index (χ4v) is 7.55. The Bertz CT molecular complexity index is 662. The van der Waals surface area contributed by atoms with E-state index in [1.54, 1.807) is 0 Å². The highest BCUT2D eigenvalue weighted by Crippen LogP contribution is 2.66. The molecule has 3 fully saturated rings. The van der Waals surface area contributed by atoms with E-state index in [1.807, 2.05) is 0 Å². The Kier molecular flexibility index (Phi) is 3.99. The highest BCUT2D eigenvalue weighted by Gasteiger charge is 2.62. The Labute approximate surface area is 157 Å². The molecule has 144 valence electrons. The van der Waals surface area contributed by atoms with Crippen LogP contribution in [0.25, 0.3) is 0 Å². The van der Waals surface area contributed by atoms with Crippen molar-refractivity contribution in [3.05, 3.63) is 12.2 Å². The molecule has 3 nitrogen and oxygen atoms in total. The molecule has 3 saturated carbocycles. The quantitative estimate of drug-likeness (QED) is 0.492. The summed E-state index contributed by atoms with van der Waals surface area (Å²) < 4.78 is 5.73. The minimum atomic E-state index is -0.245. The number of fused-ring (bicyclic) bond motifs is 5. The Morgan fingerprint density at radius 3 is 2.38 bits per heavy atom. The summed E-state index contributed by atoms with van der Waals surface area (Å²) in [6.45, 7) is 10.7. The topological polar surface area (TPSA) is 43.4 Å². The molecule has 0 heterocycles. The number of allylic oxidation sites excluding steroid dienone is 2. The van der Waals surface area contributed by atoms with Crippen molar-refractivity contribution in [1.82, 2.24) is 0 Å². The Balaban J connectivity index is 1.68. The lowest BCUT2D eigenvalue weighted by Gasteiger charge is -2.60. The van der Waals surface area contributed by atoms with Crippen molar-refractivity contribution in [3.63, 3.8) is 0 Å². The summed E-state index contributed by atoms with van der Waals surface area (Å²) in [7, 11) is 0. The molecule has 26 heavy (non-hydrogen) atoms. The lowest BCUT2D eigenvalue weighted by Crippen LogP contribution is -2.57. The molecule has 0 aromatic heterocycles. The molecule has 0 amide bonds. The standard InChI is InChI=1S/C23H34O3/c1-14(24)26-20-9-7-16-15-6-8-18-21(2,3)19(25)11-13-22(18,4)17(15)10-12-23(16,20)5/h6,8,15-18,20H,7,9-13H2,1-5H3/t15-,16-,17-,18+,20+,22+,23-/m0/s1. The predicted molar refractivity (Wildman–Crippen MR) is 101 cm³/mol. The first-order valence-electron chi connectivity index (χ1n) is 10.5. The molecule has 4 aliphatic carbocycles. The molecule has 0 aromatic carbocycles. The summed E-state index contributed by atoms with van der Waals surface area (Å²) in [5.41, 5.74) is 0.0865. The molecule has 0 N–H and O–H groups in total. The number of hydrogen-bond donors (Lipinski definition) is 0. The minimum Gasteiger partial charge on any atom is -0.462 e. The summed E-state index contributed by atoms with van der Waals surface area (Å²) >= 11 is 0. The fourth-order valence-electron chi connectivity index (χ4n) is 7.55. The molecule has 3 heteroatoms. The zero-order valence-corrected chi connectivity index (χ0v) is 17.0. The monoisotopic (exact) mass is 358 g/mol. The average Bonchev–Trinajstić information content (AvgIpc) is 2.88. The lowest BCUT2D eigenvalue weighted by atomic mass is 9.43. The largest absolute Gasteiger partial charge is 0.462 e. The first kappa shape index (κ1) is 18.3. The SMILES string of the molecule is CC(=O)O[C@@H]1CC[C@H]2[C@@H]3C=C[C@@H]4C(C)(C)C(=O)CC[C@]4(C)[C@H]3CC[C@]12C. The molecule has 4 aliphatic rings. The van der Waals surface area contributed by atoms with Crippen LogP contribution in [0.3, 0.4) is 0 Å². The van der Waals surface area contributed by atoms with Crippen LogP contribution in [0.1, 0.15) is 73.1 Å². The molecule has 0 spiro atoms. The maximum Gasteiger partial charge on any atom is 0.302 e. The minimum absolute atomic E-state index is 0.0780. The third-order valence-electron chi connectivity index (χ3n) is 9.02. The van der Waals surface area contributed by atoms with Gasteiger partial charge < -0.3 is 4.74 Å². The number of ether oxygens (including phenoxy) is 1. The molecule has 0 bridgehead atoms. The van der Waals surface area contributed by atoms with Gasteiger partial charge in [0.15, 0.2) is 0 Å². The fraction of sp³-hybridized carbons (Fsp3) is 0.826. The van der Waals surface area contributed by atoms with Crippen molar-refractivity contribution in [2.24, 2.45) is 39.9 Å². The van der Waals surface area contributed by atoms with Crippen LogP contribution in [0.2, 0.25) is 0 Å². The maximum absolute atomic E-state index is 12.6. The molecular formula is C23H34O3. The van der Waals surface area contributed by atoms with E-state index >= 15 is 0 Å². The van der Waals surface area contributed by atoms with Crippen molar-refractivity contribution in [1.29, 1.82) is 0 Å². The van der Waals surface area contributed by atoms with Gasteiger partial charge in [-0.05, 0) is 61.2 Å². The van der Waals surface area contributed by atoms with Crippen molar-refractivity contribution in [2.75, 3.05) is 0 Å². The number of rotatable bonds is 1. The van der Waals surface area contributed by atoms with Crippen LogP contribution >= 0.6 is 0 Å². The number of carbonyl (C=O) groups is 2. The van der Waals surface area contributed by atoms with Crippen molar-refractivity contribution in [2.45, 2.75) is 79.2 Å². The number of ketones is 1. The molecule has 0 aliphatic heterocycles. The summed E-state index contributed by atoms with van der Waals surface area (Å²) in [4.78, 5) is 24.1. The summed E-state index contributed by atoms with van der Waals surface area (Å²) in [5.74, 6) is 2.46. The van der Waals surface area contributed by atoms with Crippen LogP contribution in [0.4, 0.5) is 0 Å². The molecule has 0 saturated heterocycles. The first-order chi connectivity index (χ1) is 12.1. The van der Waals surface area contributed by atoms with Gasteiger partial charge in [-0.2, -0.15) is 0 Å². The van der Waals surface area contributed by atoms with Crippen LogP contribution < -0.4 is 0 Å². The Morgan fingerprint density at radius 2 is 1.69 bits per heavy atom. The number of hydrogen-bond acceptors (Lipinski definition) is 3. The first-order valence-corrected chi connectivity index (χ1v) is 10.5. The normalized spacial score (nSPS) is 49.1. The van der Waals surface area contributed by atoms with Gasteiger partial charge in [0.25, 0.3) is 0 Å². The maximum atomic E-state index is 12.6. The van der Waals surface area contributed by atoms with Gasteiger partial charge in [0.2, 0.25) is 0 Å². The van der Waals surface area contributed by atoms with E-state index in [1.165, 1.54) is 13.3 Å². The summed E-state index contributed by atoms with van der Waals surface area (Å²) in [6.07, 6.45) is 11.2. The number of esters is 1. The van der Waals surface area contributed by atoms with Crippen molar-refractivity contribution in [3.8, 4) is 0 Å². The summed E-state index contributed by atoms with van der Waals surface area (Å²) in [6, 6.07) is 0. The molecular weight excluding hydrogens is 324 g/mol. The summed E-state index contributed by atoms with van der Waals surface area (Å²) in [5, 5.41) is 0. The van der Waals surface area contributed by atoms with Crippen LogP contribution in [0, 0.1) is 39.9 Å². The second kappa shape index (κ2) is 5.69. The average molecular weight is 359 g/mol. The van der Waals surface area contributed by atoms with E-state index in [2.05, 4.69) is 39.8 Å². The predicted octanol–water partition coefficient (Wildman–Crippen LogP) is 4.94. The van der Waals surface area contributed by atoms with Gasteiger partial charge in [0.1, 0.15) is 11.9 Å². The molecule has 7 atom stereocenters. The second-order valence-corrected chi connectivity index (χ2v) is 10.5. The van der Waals surface area contributed by atoms with Gasteiger partial charge in [-0.3, -0.25) is 9.59 Å². The Morgan fingerprint density at radius 1 is 1.00 bits per heavy atom. The van der Waals surface area contributed by atoms with E-state index in [-0.39, 0.29) is 28.3 Å². The smallest absolute Gasteiger partial charge is 0.302 e. The van der Waals surface area contributed by atoms with Gasteiger partial charge in [0, 0.05) is 24.2 Å². The third-order valence-corrected chi connectivity index (χ3v) is 9.02. The van der Waals surface area contributed by atoms with Crippen LogP contribution in [-0.2, 0) is 14.3 Å². The van der Waals surface area contributed by atoms with Gasteiger partial charge in [-0.1, -0.05) is 39.8 Å². The third kappa shape index (κ3) is 2.31. The number of Topliss-reactive ketones (excluding diaryl/α,β-unsaturated/α-hetero) is 1. The molecule has 4 rings (SSSR count). The highest BCUT2D eigenvalue weighted by atomic mass is 16.5. The second-order valence-electron chi connectivity index (χ2n) is 10.5. The van der Waals surface area contributed by atoms with Gasteiger partial charge in [0.05, 0.1) is 0 Å². The van der Waals surface area contributed by atoms with Gasteiger partial charge in [-0.15, -0.1) is 0 Å². The van der Waals surface area contributed by atoms with E-state index in [4.69, 9.17) is 4.74 Å². The van der Waals surface area contributed by atoms with Crippen molar-refractivity contribution >= 4 is 11.8 Å². The number of carbonyl (C=O) groups excluding carboxylic acids is 2. The Hall–Kier alpha value is -1.12. The van der Waals surface area contributed by atoms with Crippen molar-refractivity contribution < 1.29 is 14.3 Å². The van der Waals surface area contributed by atoms with Crippen LogP contribution in [0.15, 0.2) is 12.2 Å². The van der Waals surface area contributed by atoms with E-state index in [0.717, 1.165) is 32.1 Å². The van der Waals surface area contributed by atoms with Crippen LogP contribution in [0.5, 0.6) is 0 Å².